The summed E-state index contributed by atoms with van der Waals surface area (Å²) in [6.07, 6.45) is 0. The van der Waals surface area contributed by atoms with Crippen LogP contribution < -0.4 is 0 Å². The molecule has 0 nitrogen and oxygen atoms in total. The molecule has 3 heteroatoms. The van der Waals surface area contributed by atoms with Crippen LogP contribution in [-0.4, -0.2) is 23.1 Å². The summed E-state index contributed by atoms with van der Waals surface area (Å²) in [7, 11) is 0. The van der Waals surface area contributed by atoms with E-state index in [0.29, 0.717) is 0 Å². The van der Waals surface area contributed by atoms with Gasteiger partial charge in [-0.25, -0.2) is 0 Å². The molecule has 0 radical (unpaired) electrons. The summed E-state index contributed by atoms with van der Waals surface area (Å²) in [5.74, 6) is 0. The molecular weight excluding hydrogens is 268 g/mol. The molecule has 0 saturated carbocycles. The molecule has 0 aliphatic carbocycles. The number of hydrogen-bond donors (Lipinski definition) is 0. The Bertz CT molecular complexity index is 208. The third-order valence-electron chi connectivity index (χ3n) is 1.04. The molecule has 52 valence electrons. The average Bonchev–Trinajstić information content (AvgIpc) is 1.88. The van der Waals surface area contributed by atoms with Crippen molar-refractivity contribution in [1.82, 2.24) is 0 Å². The second-order valence-electron chi connectivity index (χ2n) is 1.76. The van der Waals surface area contributed by atoms with Crippen molar-refractivity contribution >= 4 is 54.9 Å². The van der Waals surface area contributed by atoms with E-state index in [2.05, 4.69) is 44.0 Å². The van der Waals surface area contributed by atoms with Gasteiger partial charge in [-0.3, -0.25) is 0 Å². The predicted molar refractivity (Wildman–Crippen MR) is 54.8 cm³/mol. The molecule has 0 aliphatic heterocycles. The van der Waals surface area contributed by atoms with Crippen molar-refractivity contribution in [2.45, 2.75) is 5.33 Å². The maximum absolute atomic E-state index is 3.38. The summed E-state index contributed by atoms with van der Waals surface area (Å²) in [6.45, 7) is 0. The van der Waals surface area contributed by atoms with Gasteiger partial charge in [-0.2, -0.15) is 0 Å². The molecule has 0 aromatic heterocycles. The SMILES string of the molecule is BrCc1cccc(Br)c1.[H-].[H-].[Mg+2]. The monoisotopic (exact) mass is 274 g/mol. The average molecular weight is 276 g/mol. The molecule has 0 saturated heterocycles. The third kappa shape index (κ3) is 3.37. The van der Waals surface area contributed by atoms with Crippen LogP contribution in [0.5, 0.6) is 0 Å². The van der Waals surface area contributed by atoms with Crippen LogP contribution in [0.4, 0.5) is 0 Å². The number of halogens is 2. The maximum Gasteiger partial charge on any atom is 2.00 e. The van der Waals surface area contributed by atoms with Gasteiger partial charge in [0.25, 0.3) is 0 Å². The largest absolute Gasteiger partial charge is 2.00 e. The summed E-state index contributed by atoms with van der Waals surface area (Å²) in [5.41, 5.74) is 1.30. The second kappa shape index (κ2) is 5.58. The number of benzene rings is 1. The summed E-state index contributed by atoms with van der Waals surface area (Å²) in [4.78, 5) is 0. The minimum Gasteiger partial charge on any atom is -1.00 e. The van der Waals surface area contributed by atoms with Gasteiger partial charge in [0.1, 0.15) is 0 Å². The van der Waals surface area contributed by atoms with Crippen molar-refractivity contribution in [2.75, 3.05) is 0 Å². The molecular formula is C7H8Br2Mg. The molecule has 1 aromatic carbocycles. The van der Waals surface area contributed by atoms with Crippen LogP contribution in [0.15, 0.2) is 28.7 Å². The molecule has 10 heavy (non-hydrogen) atoms. The van der Waals surface area contributed by atoms with Gasteiger partial charge in [-0.05, 0) is 17.7 Å². The zero-order chi connectivity index (χ0) is 6.69. The van der Waals surface area contributed by atoms with E-state index in [1.165, 1.54) is 5.56 Å². The zero-order valence-electron chi connectivity index (χ0n) is 7.48. The maximum atomic E-state index is 3.38. The molecule has 0 amide bonds. The molecule has 0 atom stereocenters. The van der Waals surface area contributed by atoms with Crippen molar-refractivity contribution in [3.05, 3.63) is 34.3 Å². The van der Waals surface area contributed by atoms with Crippen LogP contribution in [0.1, 0.15) is 8.42 Å². The first kappa shape index (κ1) is 10.9. The Labute approximate surface area is 96.8 Å². The van der Waals surface area contributed by atoms with Crippen LogP contribution >= 0.6 is 31.9 Å². The number of rotatable bonds is 1. The molecule has 0 spiro atoms. The van der Waals surface area contributed by atoms with Crippen LogP contribution in [0.3, 0.4) is 0 Å². The van der Waals surface area contributed by atoms with Gasteiger partial charge in [-0.1, -0.05) is 44.0 Å². The first-order valence-corrected chi connectivity index (χ1v) is 4.55. The molecule has 1 aromatic rings. The minimum atomic E-state index is 0. The Balaban J connectivity index is -0.000000270. The fourth-order valence-corrected chi connectivity index (χ4v) is 1.42. The van der Waals surface area contributed by atoms with Gasteiger partial charge in [0, 0.05) is 9.80 Å². The zero-order valence-corrected chi connectivity index (χ0v) is 10.1. The van der Waals surface area contributed by atoms with E-state index < -0.39 is 0 Å². The van der Waals surface area contributed by atoms with Crippen molar-refractivity contribution in [3.63, 3.8) is 0 Å². The Morgan fingerprint density at radius 2 is 2.10 bits per heavy atom. The molecule has 1 rings (SSSR count). The third-order valence-corrected chi connectivity index (χ3v) is 2.18. The van der Waals surface area contributed by atoms with Crippen molar-refractivity contribution < 1.29 is 2.85 Å². The summed E-state index contributed by atoms with van der Waals surface area (Å²) in [6, 6.07) is 8.22. The van der Waals surface area contributed by atoms with E-state index >= 15 is 0 Å². The fraction of sp³-hybridized carbons (Fsp3) is 0.143. The Hall–Kier alpha value is 0.946. The van der Waals surface area contributed by atoms with Gasteiger partial charge < -0.3 is 2.85 Å². The standard InChI is InChI=1S/C7H6Br2.Mg.2H/c8-5-6-2-1-3-7(9)4-6;;;/h1-4H,5H2;;;/q;+2;2*-1. The smallest absolute Gasteiger partial charge is 1.00 e. The van der Waals surface area contributed by atoms with Gasteiger partial charge in [0.2, 0.25) is 0 Å². The van der Waals surface area contributed by atoms with Crippen LogP contribution in [0.2, 0.25) is 0 Å². The molecule has 0 bridgehead atoms. The number of alkyl halides is 1. The molecule has 0 fully saturated rings. The summed E-state index contributed by atoms with van der Waals surface area (Å²) < 4.78 is 1.14. The molecule has 0 N–H and O–H groups in total. The summed E-state index contributed by atoms with van der Waals surface area (Å²) in [5, 5.41) is 0.923. The summed E-state index contributed by atoms with van der Waals surface area (Å²) >= 11 is 6.75. The van der Waals surface area contributed by atoms with E-state index in [1.807, 2.05) is 12.1 Å². The van der Waals surface area contributed by atoms with E-state index in [0.717, 1.165) is 9.80 Å². The van der Waals surface area contributed by atoms with Crippen molar-refractivity contribution in [3.8, 4) is 0 Å². The van der Waals surface area contributed by atoms with E-state index in [-0.39, 0.29) is 25.9 Å². The number of hydrogen-bond acceptors (Lipinski definition) is 0. The Kier molecular flexibility index (Phi) is 6.11. The Morgan fingerprint density at radius 1 is 1.40 bits per heavy atom. The topological polar surface area (TPSA) is 0 Å². The molecule has 0 heterocycles. The van der Waals surface area contributed by atoms with Crippen LogP contribution in [0, 0.1) is 0 Å². The van der Waals surface area contributed by atoms with Gasteiger partial charge in [-0.15, -0.1) is 0 Å². The van der Waals surface area contributed by atoms with Crippen molar-refractivity contribution in [2.24, 2.45) is 0 Å². The first-order valence-electron chi connectivity index (χ1n) is 2.63. The molecule has 0 unspecified atom stereocenters. The van der Waals surface area contributed by atoms with Crippen LogP contribution in [0.25, 0.3) is 0 Å². The van der Waals surface area contributed by atoms with Crippen LogP contribution in [-0.2, 0) is 5.33 Å². The molecule has 0 aliphatic rings. The second-order valence-corrected chi connectivity index (χ2v) is 3.24. The van der Waals surface area contributed by atoms with Gasteiger partial charge in [0.15, 0.2) is 0 Å². The minimum absolute atomic E-state index is 0. The normalized spacial score (nSPS) is 8.60. The van der Waals surface area contributed by atoms with E-state index in [1.54, 1.807) is 0 Å². The Morgan fingerprint density at radius 3 is 2.50 bits per heavy atom. The fourth-order valence-electron chi connectivity index (χ4n) is 0.620. The van der Waals surface area contributed by atoms with Gasteiger partial charge >= 0.3 is 23.1 Å². The van der Waals surface area contributed by atoms with E-state index in [4.69, 9.17) is 0 Å². The van der Waals surface area contributed by atoms with E-state index in [9.17, 15) is 0 Å². The van der Waals surface area contributed by atoms with Crippen molar-refractivity contribution in [1.29, 1.82) is 0 Å². The quantitative estimate of drug-likeness (QED) is 0.546. The first-order chi connectivity index (χ1) is 4.33. The van der Waals surface area contributed by atoms with Gasteiger partial charge in [0.05, 0.1) is 0 Å². The predicted octanol–water partition coefficient (Wildman–Crippen LogP) is 3.19.